The highest BCUT2D eigenvalue weighted by Gasteiger charge is 2.10. The highest BCUT2D eigenvalue weighted by Crippen LogP contribution is 2.24. The van der Waals surface area contributed by atoms with E-state index in [1.807, 2.05) is 25.1 Å². The molecule has 0 amide bonds. The van der Waals surface area contributed by atoms with Crippen molar-refractivity contribution in [2.24, 2.45) is 0 Å². The second-order valence-electron chi connectivity index (χ2n) is 4.36. The van der Waals surface area contributed by atoms with Crippen LogP contribution in [0.5, 0.6) is 5.75 Å². The van der Waals surface area contributed by atoms with Crippen LogP contribution in [-0.2, 0) is 19.6 Å². The summed E-state index contributed by atoms with van der Waals surface area (Å²) in [5, 5.41) is 13.1. The second-order valence-corrected chi connectivity index (χ2v) is 4.36. The topological polar surface area (TPSA) is 68.4 Å². The molecule has 0 spiro atoms. The number of rotatable bonds is 6. The minimum Gasteiger partial charge on any atom is -0.485 e. The van der Waals surface area contributed by atoms with Gasteiger partial charge in [-0.1, -0.05) is 30.3 Å². The molecular weight excluding hydrogens is 244 g/mol. The molecule has 1 N–H and O–H groups in total. The predicted octanol–water partition coefficient (Wildman–Crippen LogP) is 2.40. The lowest BCUT2D eigenvalue weighted by Crippen LogP contribution is -2.02. The molecule has 1 heterocycles. The Bertz CT molecular complexity index is 537. The van der Waals surface area contributed by atoms with Crippen LogP contribution in [0, 0.1) is 6.92 Å². The normalized spacial score (nSPS) is 10.7. The summed E-state index contributed by atoms with van der Waals surface area (Å²) in [6.07, 6.45) is 1.74. The average Bonchev–Trinajstić information content (AvgIpc) is 2.85. The van der Waals surface area contributed by atoms with Crippen molar-refractivity contribution in [1.82, 2.24) is 10.1 Å². The van der Waals surface area contributed by atoms with Crippen molar-refractivity contribution in [3.63, 3.8) is 0 Å². The van der Waals surface area contributed by atoms with Gasteiger partial charge >= 0.3 is 0 Å². The minimum absolute atomic E-state index is 0.0512. The fraction of sp³-hybridized carbons (Fsp3) is 0.429. The maximum Gasteiger partial charge on any atom is 0.226 e. The molecule has 0 saturated heterocycles. The summed E-state index contributed by atoms with van der Waals surface area (Å²) >= 11 is 0. The number of ether oxygens (including phenoxy) is 1. The number of aryl methyl sites for hydroxylation is 2. The maximum atomic E-state index is 9.28. The number of aliphatic hydroxyl groups is 1. The van der Waals surface area contributed by atoms with Gasteiger partial charge in [-0.15, -0.1) is 0 Å². The van der Waals surface area contributed by atoms with Crippen LogP contribution in [0.2, 0.25) is 0 Å². The summed E-state index contributed by atoms with van der Waals surface area (Å²) in [5.74, 6) is 1.84. The minimum atomic E-state index is -0.0512. The number of aliphatic hydroxyl groups excluding tert-OH is 1. The van der Waals surface area contributed by atoms with E-state index in [-0.39, 0.29) is 13.2 Å². The fourth-order valence-electron chi connectivity index (χ4n) is 1.85. The summed E-state index contributed by atoms with van der Waals surface area (Å²) in [5.41, 5.74) is 1.74. The molecule has 1 aromatic carbocycles. The van der Waals surface area contributed by atoms with E-state index in [0.717, 1.165) is 24.0 Å². The third kappa shape index (κ3) is 3.32. The molecule has 1 aromatic heterocycles. The van der Waals surface area contributed by atoms with Gasteiger partial charge in [0, 0.05) is 12.0 Å². The zero-order chi connectivity index (χ0) is 13.7. The Morgan fingerprint density at radius 2 is 2.21 bits per heavy atom. The van der Waals surface area contributed by atoms with Crippen molar-refractivity contribution in [2.45, 2.75) is 39.9 Å². The van der Waals surface area contributed by atoms with Crippen molar-refractivity contribution in [3.8, 4) is 5.75 Å². The average molecular weight is 262 g/mol. The molecule has 0 aliphatic heterocycles. The molecule has 5 nitrogen and oxygen atoms in total. The molecule has 0 fully saturated rings. The largest absolute Gasteiger partial charge is 0.485 e. The lowest BCUT2D eigenvalue weighted by atomic mass is 10.1. The van der Waals surface area contributed by atoms with Gasteiger partial charge < -0.3 is 14.4 Å². The fourth-order valence-corrected chi connectivity index (χ4v) is 1.85. The second kappa shape index (κ2) is 6.33. The van der Waals surface area contributed by atoms with Crippen LogP contribution in [-0.4, -0.2) is 15.2 Å². The van der Waals surface area contributed by atoms with E-state index in [2.05, 4.69) is 17.1 Å². The Hall–Kier alpha value is -1.88. The molecule has 0 aliphatic carbocycles. The SMILES string of the molecule is CCCc1nc(COc2c(C)cccc2CO)no1. The van der Waals surface area contributed by atoms with Crippen molar-refractivity contribution in [3.05, 3.63) is 41.0 Å². The van der Waals surface area contributed by atoms with Crippen LogP contribution >= 0.6 is 0 Å². The number of hydrogen-bond acceptors (Lipinski definition) is 5. The zero-order valence-corrected chi connectivity index (χ0v) is 11.2. The number of para-hydroxylation sites is 1. The van der Waals surface area contributed by atoms with E-state index < -0.39 is 0 Å². The molecule has 0 bridgehead atoms. The number of hydrogen-bond donors (Lipinski definition) is 1. The lowest BCUT2D eigenvalue weighted by Gasteiger charge is -2.11. The maximum absolute atomic E-state index is 9.28. The van der Waals surface area contributed by atoms with Crippen LogP contribution in [0.3, 0.4) is 0 Å². The first kappa shape index (κ1) is 13.5. The molecule has 2 aromatic rings. The Balaban J connectivity index is 2.05. The summed E-state index contributed by atoms with van der Waals surface area (Å²) in [6, 6.07) is 5.66. The van der Waals surface area contributed by atoms with Crippen LogP contribution in [0.4, 0.5) is 0 Å². The Kier molecular flexibility index (Phi) is 4.52. The standard InChI is InChI=1S/C14H18N2O3/c1-3-5-13-15-12(16-19-13)9-18-14-10(2)6-4-7-11(14)8-17/h4,6-7,17H,3,5,8-9H2,1-2H3. The van der Waals surface area contributed by atoms with Gasteiger partial charge in [0.05, 0.1) is 6.61 Å². The highest BCUT2D eigenvalue weighted by atomic mass is 16.5. The molecule has 102 valence electrons. The van der Waals surface area contributed by atoms with Crippen LogP contribution in [0.25, 0.3) is 0 Å². The summed E-state index contributed by atoms with van der Waals surface area (Å²) < 4.78 is 10.8. The van der Waals surface area contributed by atoms with Gasteiger partial charge in [-0.25, -0.2) is 0 Å². The van der Waals surface area contributed by atoms with Crippen molar-refractivity contribution in [1.29, 1.82) is 0 Å². The van der Waals surface area contributed by atoms with E-state index in [9.17, 15) is 5.11 Å². The van der Waals surface area contributed by atoms with Gasteiger partial charge in [-0.05, 0) is 18.9 Å². The number of benzene rings is 1. The Morgan fingerprint density at radius 1 is 1.37 bits per heavy atom. The Morgan fingerprint density at radius 3 is 2.95 bits per heavy atom. The van der Waals surface area contributed by atoms with Gasteiger partial charge in [0.1, 0.15) is 5.75 Å². The molecule has 2 rings (SSSR count). The molecule has 5 heteroatoms. The first-order valence-corrected chi connectivity index (χ1v) is 6.38. The molecule has 0 unspecified atom stereocenters. The smallest absolute Gasteiger partial charge is 0.226 e. The Labute approximate surface area is 112 Å². The summed E-state index contributed by atoms with van der Waals surface area (Å²) in [6.45, 7) is 4.18. The zero-order valence-electron chi connectivity index (χ0n) is 11.2. The van der Waals surface area contributed by atoms with Crippen molar-refractivity contribution in [2.75, 3.05) is 0 Å². The van der Waals surface area contributed by atoms with Gasteiger partial charge in [-0.3, -0.25) is 0 Å². The van der Waals surface area contributed by atoms with Crippen LogP contribution in [0.1, 0.15) is 36.2 Å². The summed E-state index contributed by atoms with van der Waals surface area (Å²) in [7, 11) is 0. The first-order valence-electron chi connectivity index (χ1n) is 6.38. The van der Waals surface area contributed by atoms with Crippen molar-refractivity contribution >= 4 is 0 Å². The molecule has 19 heavy (non-hydrogen) atoms. The first-order chi connectivity index (χ1) is 9.24. The van der Waals surface area contributed by atoms with Crippen LogP contribution in [0.15, 0.2) is 22.7 Å². The monoisotopic (exact) mass is 262 g/mol. The predicted molar refractivity (Wildman–Crippen MR) is 69.7 cm³/mol. The van der Waals surface area contributed by atoms with Crippen molar-refractivity contribution < 1.29 is 14.4 Å². The van der Waals surface area contributed by atoms with E-state index in [1.165, 1.54) is 0 Å². The van der Waals surface area contributed by atoms with Gasteiger partial charge in [0.25, 0.3) is 0 Å². The third-order valence-corrected chi connectivity index (χ3v) is 2.78. The van der Waals surface area contributed by atoms with Gasteiger partial charge in [0.15, 0.2) is 6.61 Å². The highest BCUT2D eigenvalue weighted by molar-refractivity contribution is 5.40. The quantitative estimate of drug-likeness (QED) is 0.865. The lowest BCUT2D eigenvalue weighted by molar-refractivity contribution is 0.251. The van der Waals surface area contributed by atoms with E-state index in [1.54, 1.807) is 0 Å². The molecule has 0 saturated carbocycles. The molecule has 0 aliphatic rings. The van der Waals surface area contributed by atoms with Gasteiger partial charge in [-0.2, -0.15) is 4.98 Å². The van der Waals surface area contributed by atoms with E-state index in [4.69, 9.17) is 9.26 Å². The third-order valence-electron chi connectivity index (χ3n) is 2.78. The molecular formula is C14H18N2O3. The van der Waals surface area contributed by atoms with Crippen LogP contribution < -0.4 is 4.74 Å². The van der Waals surface area contributed by atoms with E-state index >= 15 is 0 Å². The summed E-state index contributed by atoms with van der Waals surface area (Å²) in [4.78, 5) is 4.23. The van der Waals surface area contributed by atoms with E-state index in [0.29, 0.717) is 17.5 Å². The molecule has 0 atom stereocenters. The number of nitrogens with zero attached hydrogens (tertiary/aromatic N) is 2. The number of aromatic nitrogens is 2. The molecule has 0 radical (unpaired) electrons. The van der Waals surface area contributed by atoms with Gasteiger partial charge in [0.2, 0.25) is 11.7 Å².